The number of aromatic nitrogens is 2. The van der Waals surface area contributed by atoms with E-state index in [9.17, 15) is 22.8 Å². The molecular weight excluding hydrogens is 483 g/mol. The number of hydrogen-bond acceptors (Lipinski definition) is 5. The lowest BCUT2D eigenvalue weighted by atomic mass is 10.2. The van der Waals surface area contributed by atoms with E-state index in [0.717, 1.165) is 28.5 Å². The van der Waals surface area contributed by atoms with Crippen LogP contribution >= 0.6 is 35.1 Å². The largest absolute Gasteiger partial charge is 0.416 e. The zero-order chi connectivity index (χ0) is 22.9. The number of nitrogens with one attached hydrogen (secondary N) is 1. The van der Waals surface area contributed by atoms with E-state index in [0.29, 0.717) is 33.5 Å². The second-order valence-corrected chi connectivity index (χ2v) is 9.29. The van der Waals surface area contributed by atoms with Crippen LogP contribution in [0.5, 0.6) is 0 Å². The molecule has 2 heterocycles. The normalized spacial score (nSPS) is 13.1. The van der Waals surface area contributed by atoms with Crippen molar-refractivity contribution in [3.8, 4) is 5.69 Å². The Labute approximate surface area is 194 Å². The van der Waals surface area contributed by atoms with E-state index in [2.05, 4.69) is 10.3 Å². The minimum Gasteiger partial charge on any atom is -0.325 e. The molecule has 166 valence electrons. The van der Waals surface area contributed by atoms with Gasteiger partial charge in [0.15, 0.2) is 5.16 Å². The van der Waals surface area contributed by atoms with Crippen LogP contribution < -0.4 is 10.9 Å². The Morgan fingerprint density at radius 2 is 2.00 bits per heavy atom. The highest BCUT2D eigenvalue weighted by atomic mass is 35.5. The first kappa shape index (κ1) is 22.8. The van der Waals surface area contributed by atoms with Gasteiger partial charge in [-0.05, 0) is 36.4 Å². The average molecular weight is 498 g/mol. The lowest BCUT2D eigenvalue weighted by Gasteiger charge is -2.15. The highest BCUT2D eigenvalue weighted by Crippen LogP contribution is 2.33. The number of nitrogens with zero attached hydrogens (tertiary/aromatic N) is 2. The number of benzene rings is 2. The van der Waals surface area contributed by atoms with Crippen LogP contribution in [0.25, 0.3) is 5.69 Å². The Hall–Kier alpha value is -2.43. The van der Waals surface area contributed by atoms with Gasteiger partial charge in [-0.1, -0.05) is 35.5 Å². The molecule has 3 aromatic rings. The van der Waals surface area contributed by atoms with Crippen molar-refractivity contribution in [2.24, 2.45) is 0 Å². The van der Waals surface area contributed by atoms with E-state index in [4.69, 9.17) is 11.6 Å². The summed E-state index contributed by atoms with van der Waals surface area (Å²) in [5.74, 6) is 0.213. The van der Waals surface area contributed by atoms with Crippen molar-refractivity contribution in [1.29, 1.82) is 0 Å². The predicted octanol–water partition coefficient (Wildman–Crippen LogP) is 5.28. The fraction of sp³-hybridized carbons (Fsp3) is 0.190. The lowest BCUT2D eigenvalue weighted by Crippen LogP contribution is -2.25. The summed E-state index contributed by atoms with van der Waals surface area (Å²) >= 11 is 8.23. The number of thioether (sulfide) groups is 2. The summed E-state index contributed by atoms with van der Waals surface area (Å²) in [5.41, 5.74) is -0.151. The molecule has 1 aromatic heterocycles. The van der Waals surface area contributed by atoms with E-state index in [1.165, 1.54) is 23.9 Å². The van der Waals surface area contributed by atoms with E-state index in [-0.39, 0.29) is 22.5 Å². The summed E-state index contributed by atoms with van der Waals surface area (Å²) in [7, 11) is 0. The van der Waals surface area contributed by atoms with Gasteiger partial charge in [0, 0.05) is 22.9 Å². The second-order valence-electron chi connectivity index (χ2n) is 6.80. The summed E-state index contributed by atoms with van der Waals surface area (Å²) < 4.78 is 40.8. The third-order valence-electron chi connectivity index (χ3n) is 4.54. The highest BCUT2D eigenvalue weighted by molar-refractivity contribution is 8.00. The molecule has 0 fully saturated rings. The quantitative estimate of drug-likeness (QED) is 0.383. The summed E-state index contributed by atoms with van der Waals surface area (Å²) in [6.07, 6.45) is -3.97. The second kappa shape index (κ2) is 9.21. The number of aryl methyl sites for hydroxylation is 1. The van der Waals surface area contributed by atoms with Gasteiger partial charge in [-0.3, -0.25) is 14.2 Å². The minimum absolute atomic E-state index is 0.0466. The van der Waals surface area contributed by atoms with E-state index in [1.807, 2.05) is 0 Å². The van der Waals surface area contributed by atoms with Crippen LogP contribution in [0, 0.1) is 0 Å². The molecular formula is C21H15ClF3N3O2S2. The lowest BCUT2D eigenvalue weighted by molar-refractivity contribution is -0.137. The molecule has 1 aliphatic rings. The monoisotopic (exact) mass is 497 g/mol. The summed E-state index contributed by atoms with van der Waals surface area (Å²) in [6.45, 7) is 0. The van der Waals surface area contributed by atoms with E-state index >= 15 is 0 Å². The first-order chi connectivity index (χ1) is 15.2. The molecule has 1 amide bonds. The molecule has 5 nitrogen and oxygen atoms in total. The molecule has 4 rings (SSSR count). The molecule has 0 bridgehead atoms. The molecule has 32 heavy (non-hydrogen) atoms. The van der Waals surface area contributed by atoms with Crippen LogP contribution in [0.1, 0.15) is 11.3 Å². The maximum atomic E-state index is 13.2. The van der Waals surface area contributed by atoms with Crippen molar-refractivity contribution in [3.05, 3.63) is 75.2 Å². The predicted molar refractivity (Wildman–Crippen MR) is 120 cm³/mol. The third-order valence-corrected chi connectivity index (χ3v) is 6.82. The molecule has 1 N–H and O–H groups in total. The van der Waals surface area contributed by atoms with E-state index < -0.39 is 17.3 Å². The fourth-order valence-electron chi connectivity index (χ4n) is 3.13. The first-order valence-electron chi connectivity index (χ1n) is 9.37. The number of fused-ring (bicyclic) bond motifs is 1. The first-order valence-corrected chi connectivity index (χ1v) is 11.7. The van der Waals surface area contributed by atoms with Crippen LogP contribution in [-0.2, 0) is 17.4 Å². The number of rotatable bonds is 5. The number of carbonyl (C=O) groups excluding carboxylic acids is 1. The highest BCUT2D eigenvalue weighted by Gasteiger charge is 2.31. The standard InChI is InChI=1S/C21H15ClF3N3O2S2/c22-13-4-2-5-14(10-13)26-17(29)11-32-20-27-16-7-8-31-18(16)19(30)28(20)15-6-1-3-12(9-15)21(23,24)25/h1-6,9-10H,7-8,11H2,(H,26,29). The molecule has 1 aliphatic heterocycles. The van der Waals surface area contributed by atoms with Crippen molar-refractivity contribution in [2.45, 2.75) is 22.6 Å². The third kappa shape index (κ3) is 4.97. The van der Waals surface area contributed by atoms with Gasteiger partial charge in [-0.15, -0.1) is 11.8 Å². The number of carbonyl (C=O) groups is 1. The smallest absolute Gasteiger partial charge is 0.325 e. The molecule has 2 aromatic carbocycles. The van der Waals surface area contributed by atoms with Gasteiger partial charge in [-0.25, -0.2) is 4.98 Å². The maximum Gasteiger partial charge on any atom is 0.416 e. The van der Waals surface area contributed by atoms with Crippen molar-refractivity contribution in [2.75, 3.05) is 16.8 Å². The zero-order valence-corrected chi connectivity index (χ0v) is 18.7. The minimum atomic E-state index is -4.55. The molecule has 0 spiro atoms. The van der Waals surface area contributed by atoms with Gasteiger partial charge in [-0.2, -0.15) is 13.2 Å². The van der Waals surface area contributed by atoms with Gasteiger partial charge in [0.1, 0.15) is 0 Å². The Balaban J connectivity index is 1.66. The Morgan fingerprint density at radius 1 is 1.22 bits per heavy atom. The number of amides is 1. The average Bonchev–Trinajstić information content (AvgIpc) is 3.21. The number of halogens is 4. The molecule has 0 radical (unpaired) electrons. The summed E-state index contributed by atoms with van der Waals surface area (Å²) in [4.78, 5) is 30.4. The van der Waals surface area contributed by atoms with Crippen molar-refractivity contribution in [1.82, 2.24) is 9.55 Å². The zero-order valence-electron chi connectivity index (χ0n) is 16.3. The van der Waals surface area contributed by atoms with Crippen LogP contribution in [0.2, 0.25) is 5.02 Å². The topological polar surface area (TPSA) is 64.0 Å². The molecule has 11 heteroatoms. The van der Waals surface area contributed by atoms with E-state index in [1.54, 1.807) is 24.3 Å². The number of hydrogen-bond donors (Lipinski definition) is 1. The molecule has 0 saturated carbocycles. The molecule has 0 unspecified atom stereocenters. The molecule has 0 atom stereocenters. The van der Waals surface area contributed by atoms with Crippen molar-refractivity contribution >= 4 is 46.7 Å². The number of alkyl halides is 3. The molecule has 0 aliphatic carbocycles. The van der Waals surface area contributed by atoms with Crippen LogP contribution in [0.15, 0.2) is 63.4 Å². The van der Waals surface area contributed by atoms with Gasteiger partial charge in [0.05, 0.1) is 27.6 Å². The van der Waals surface area contributed by atoms with Crippen LogP contribution in [0.3, 0.4) is 0 Å². The number of anilines is 1. The molecule has 0 saturated heterocycles. The SMILES string of the molecule is O=C(CSc1nc2c(c(=O)n1-c1cccc(C(F)(F)F)c1)SCC2)Nc1cccc(Cl)c1. The van der Waals surface area contributed by atoms with Crippen molar-refractivity contribution in [3.63, 3.8) is 0 Å². The van der Waals surface area contributed by atoms with Crippen LogP contribution in [-0.4, -0.2) is 27.0 Å². The van der Waals surface area contributed by atoms with Crippen LogP contribution in [0.4, 0.5) is 18.9 Å². The Kier molecular flexibility index (Phi) is 6.55. The summed E-state index contributed by atoms with van der Waals surface area (Å²) in [6, 6.07) is 11.1. The fourth-order valence-corrected chi connectivity index (χ4v) is 5.17. The Morgan fingerprint density at radius 3 is 2.75 bits per heavy atom. The van der Waals surface area contributed by atoms with Gasteiger partial charge in [0.25, 0.3) is 5.56 Å². The van der Waals surface area contributed by atoms with Gasteiger partial charge < -0.3 is 5.32 Å². The van der Waals surface area contributed by atoms with Gasteiger partial charge in [0.2, 0.25) is 5.91 Å². The Bertz CT molecular complexity index is 1250. The van der Waals surface area contributed by atoms with Gasteiger partial charge >= 0.3 is 6.18 Å². The maximum absolute atomic E-state index is 13.2. The summed E-state index contributed by atoms with van der Waals surface area (Å²) in [5, 5.41) is 3.32. The van der Waals surface area contributed by atoms with Crippen molar-refractivity contribution < 1.29 is 18.0 Å².